The van der Waals surface area contributed by atoms with E-state index >= 15 is 0 Å². The number of aryl methyl sites for hydroxylation is 2. The maximum absolute atomic E-state index is 12.6. The Hall–Kier alpha value is -2.15. The molecular weight excluding hydrogens is 371 g/mol. The molecule has 0 bridgehead atoms. The third kappa shape index (κ3) is 5.66. The Balaban J connectivity index is 2.29. The smallest absolute Gasteiger partial charge is 0.432 e. The van der Waals surface area contributed by atoms with E-state index in [0.717, 1.165) is 23.3 Å². The number of aromatic nitrogens is 1. The van der Waals surface area contributed by atoms with Gasteiger partial charge in [-0.3, -0.25) is 5.41 Å². The lowest BCUT2D eigenvalue weighted by molar-refractivity contribution is -0.673. The highest BCUT2D eigenvalue weighted by molar-refractivity contribution is 7.13. The second-order valence-electron chi connectivity index (χ2n) is 6.47. The van der Waals surface area contributed by atoms with Crippen LogP contribution in [-0.4, -0.2) is 11.9 Å². The van der Waals surface area contributed by atoms with Crippen LogP contribution in [0.5, 0.6) is 0 Å². The van der Waals surface area contributed by atoms with E-state index in [1.807, 2.05) is 11.4 Å². The van der Waals surface area contributed by atoms with Gasteiger partial charge in [-0.1, -0.05) is 31.9 Å². The normalized spacial score (nSPS) is 12.4. The first kappa shape index (κ1) is 21.2. The van der Waals surface area contributed by atoms with Crippen LogP contribution in [-0.2, 0) is 13.5 Å². The summed E-state index contributed by atoms with van der Waals surface area (Å²) in [5.74, 6) is 0. The lowest BCUT2D eigenvalue weighted by Gasteiger charge is -2.12. The molecule has 2 aromatic heterocycles. The lowest BCUT2D eigenvalue weighted by Crippen LogP contribution is -2.32. The molecule has 0 radical (unpaired) electrons. The Morgan fingerprint density at radius 1 is 1.26 bits per heavy atom. The Morgan fingerprint density at radius 3 is 2.67 bits per heavy atom. The summed E-state index contributed by atoms with van der Waals surface area (Å²) in [5, 5.41) is 9.12. The van der Waals surface area contributed by atoms with Crippen molar-refractivity contribution in [1.82, 2.24) is 0 Å². The molecule has 2 aromatic rings. The van der Waals surface area contributed by atoms with Crippen LogP contribution in [0.3, 0.4) is 0 Å². The first-order valence-electron chi connectivity index (χ1n) is 8.90. The SMILES string of the molecule is CCCCCCc1ccsc1-c1cc[n+](C)c(/C([NH-])=C/C(=N)C(F)(F)F)c1. The molecule has 0 aliphatic carbocycles. The number of hydrogen-bond donors (Lipinski definition) is 1. The number of hydrogen-bond acceptors (Lipinski definition) is 2. The maximum Gasteiger partial charge on any atom is 0.432 e. The molecule has 0 atom stereocenters. The minimum atomic E-state index is -4.75. The van der Waals surface area contributed by atoms with Gasteiger partial charge in [0.15, 0.2) is 11.9 Å². The number of nitrogens with zero attached hydrogens (tertiary/aromatic N) is 1. The van der Waals surface area contributed by atoms with Gasteiger partial charge in [0, 0.05) is 22.6 Å². The van der Waals surface area contributed by atoms with Crippen molar-refractivity contribution in [2.75, 3.05) is 0 Å². The molecule has 2 N–H and O–H groups in total. The van der Waals surface area contributed by atoms with Crippen LogP contribution >= 0.6 is 11.3 Å². The average molecular weight is 395 g/mol. The summed E-state index contributed by atoms with van der Waals surface area (Å²) in [6, 6.07) is 5.73. The van der Waals surface area contributed by atoms with Crippen LogP contribution < -0.4 is 4.57 Å². The zero-order valence-electron chi connectivity index (χ0n) is 15.5. The van der Waals surface area contributed by atoms with E-state index in [4.69, 9.17) is 11.1 Å². The van der Waals surface area contributed by atoms with Crippen LogP contribution in [0, 0.1) is 5.41 Å². The molecule has 0 spiro atoms. The van der Waals surface area contributed by atoms with Crippen LogP contribution in [0.4, 0.5) is 13.2 Å². The molecule has 0 saturated heterocycles. The van der Waals surface area contributed by atoms with Crippen LogP contribution in [0.1, 0.15) is 43.9 Å². The first-order chi connectivity index (χ1) is 12.7. The highest BCUT2D eigenvalue weighted by Crippen LogP contribution is 2.32. The van der Waals surface area contributed by atoms with E-state index < -0.39 is 11.9 Å². The number of allylic oxidation sites excluding steroid dienone is 1. The maximum atomic E-state index is 12.6. The van der Waals surface area contributed by atoms with E-state index in [1.54, 1.807) is 35.2 Å². The summed E-state index contributed by atoms with van der Waals surface area (Å²) >= 11 is 1.60. The van der Waals surface area contributed by atoms with Crippen molar-refractivity contribution in [3.05, 3.63) is 52.8 Å². The Labute approximate surface area is 161 Å². The van der Waals surface area contributed by atoms with Gasteiger partial charge in [-0.15, -0.1) is 11.3 Å². The Bertz CT molecular complexity index is 822. The molecule has 3 nitrogen and oxygen atoms in total. The number of pyridine rings is 1. The van der Waals surface area contributed by atoms with Crippen molar-refractivity contribution < 1.29 is 17.7 Å². The molecule has 0 aliphatic heterocycles. The Kier molecular flexibility index (Phi) is 7.18. The number of rotatable bonds is 8. The highest BCUT2D eigenvalue weighted by atomic mass is 32.1. The number of thiophene rings is 1. The number of nitrogens with one attached hydrogen (secondary N) is 2. The van der Waals surface area contributed by atoms with Crippen LogP contribution in [0.2, 0.25) is 0 Å². The topological polar surface area (TPSA) is 51.5 Å². The second kappa shape index (κ2) is 9.17. The van der Waals surface area contributed by atoms with Gasteiger partial charge in [0.1, 0.15) is 12.8 Å². The molecular formula is C20H24F3N3S. The van der Waals surface area contributed by atoms with Gasteiger partial charge in [0.2, 0.25) is 0 Å². The van der Waals surface area contributed by atoms with E-state index in [9.17, 15) is 13.2 Å². The highest BCUT2D eigenvalue weighted by Gasteiger charge is 2.32. The minimum Gasteiger partial charge on any atom is -0.693 e. The zero-order valence-corrected chi connectivity index (χ0v) is 16.3. The van der Waals surface area contributed by atoms with E-state index in [0.29, 0.717) is 11.8 Å². The molecule has 0 aromatic carbocycles. The van der Waals surface area contributed by atoms with E-state index in [1.165, 1.54) is 24.8 Å². The fourth-order valence-corrected chi connectivity index (χ4v) is 3.76. The number of unbranched alkanes of at least 4 members (excludes halogenated alkanes) is 3. The van der Waals surface area contributed by atoms with Gasteiger partial charge in [0.25, 0.3) is 0 Å². The van der Waals surface area contributed by atoms with Crippen molar-refractivity contribution in [3.8, 4) is 10.4 Å². The van der Waals surface area contributed by atoms with Gasteiger partial charge < -0.3 is 5.73 Å². The zero-order chi connectivity index (χ0) is 20.0. The Morgan fingerprint density at radius 2 is 2.00 bits per heavy atom. The van der Waals surface area contributed by atoms with Gasteiger partial charge in [0.05, 0.1) is 0 Å². The monoisotopic (exact) mass is 395 g/mol. The van der Waals surface area contributed by atoms with Gasteiger partial charge in [-0.25, -0.2) is 4.57 Å². The van der Waals surface area contributed by atoms with Crippen LogP contribution in [0.15, 0.2) is 35.9 Å². The first-order valence-corrected chi connectivity index (χ1v) is 9.77. The molecule has 0 fully saturated rings. The third-order valence-corrected chi connectivity index (χ3v) is 5.33. The molecule has 7 heteroatoms. The predicted octanol–water partition coefficient (Wildman–Crippen LogP) is 6.34. The average Bonchev–Trinajstić information content (AvgIpc) is 3.06. The molecule has 0 saturated carbocycles. The number of alkyl halides is 3. The standard InChI is InChI=1S/C20H24F3N3S/c1-3-4-5-6-7-14-9-11-27-19(14)15-8-10-26(2)17(12-15)16(24)13-18(25)20(21,22)23/h8-13,24-25H,3-7H2,1-2H3/b16-13-,25-18?. The summed E-state index contributed by atoms with van der Waals surface area (Å²) in [6.07, 6.45) is 3.20. The molecule has 146 valence electrons. The molecule has 27 heavy (non-hydrogen) atoms. The molecule has 0 unspecified atom stereocenters. The fourth-order valence-electron chi connectivity index (χ4n) is 2.81. The van der Waals surface area contributed by atoms with E-state index in [2.05, 4.69) is 13.0 Å². The largest absolute Gasteiger partial charge is 0.693 e. The van der Waals surface area contributed by atoms with Crippen molar-refractivity contribution in [1.29, 1.82) is 5.41 Å². The van der Waals surface area contributed by atoms with Crippen LogP contribution in [0.25, 0.3) is 21.9 Å². The van der Waals surface area contributed by atoms with Crippen molar-refractivity contribution >= 4 is 22.7 Å². The quantitative estimate of drug-likeness (QED) is 0.308. The van der Waals surface area contributed by atoms with Crippen molar-refractivity contribution in [2.24, 2.45) is 7.05 Å². The predicted molar refractivity (Wildman–Crippen MR) is 105 cm³/mol. The fraction of sp³-hybridized carbons (Fsp3) is 0.400. The van der Waals surface area contributed by atoms with Gasteiger partial charge in [-0.05, 0) is 35.9 Å². The molecule has 2 heterocycles. The minimum absolute atomic E-state index is 0.331. The summed E-state index contributed by atoms with van der Waals surface area (Å²) in [4.78, 5) is 1.09. The summed E-state index contributed by atoms with van der Waals surface area (Å²) in [6.45, 7) is 2.17. The summed E-state index contributed by atoms with van der Waals surface area (Å²) in [5.41, 5.74) is 8.61. The number of halogens is 3. The summed E-state index contributed by atoms with van der Waals surface area (Å²) in [7, 11) is 1.68. The molecule has 0 amide bonds. The molecule has 2 rings (SSSR count). The molecule has 0 aliphatic rings. The van der Waals surface area contributed by atoms with Crippen molar-refractivity contribution in [2.45, 2.75) is 45.2 Å². The summed E-state index contributed by atoms with van der Waals surface area (Å²) < 4.78 is 39.4. The van der Waals surface area contributed by atoms with Gasteiger partial charge in [-0.2, -0.15) is 13.2 Å². The van der Waals surface area contributed by atoms with Crippen molar-refractivity contribution in [3.63, 3.8) is 0 Å². The lowest BCUT2D eigenvalue weighted by atomic mass is 10.0. The van der Waals surface area contributed by atoms with Gasteiger partial charge >= 0.3 is 6.18 Å². The van der Waals surface area contributed by atoms with E-state index in [-0.39, 0.29) is 5.70 Å². The second-order valence-corrected chi connectivity index (χ2v) is 7.38. The third-order valence-electron chi connectivity index (χ3n) is 4.33.